The molecule has 0 bridgehead atoms. The Balaban J connectivity index is 4.72. The van der Waals surface area contributed by atoms with Crippen molar-refractivity contribution in [3.05, 3.63) is 0 Å². The molecule has 0 rings (SSSR count). The maximum Gasteiger partial charge on any atom is 0.307 e. The van der Waals surface area contributed by atoms with Gasteiger partial charge in [0.2, 0.25) is 0 Å². The molecular formula is C68H135N5O8. The van der Waals surface area contributed by atoms with E-state index in [1.165, 1.54) is 186 Å². The van der Waals surface area contributed by atoms with Crippen molar-refractivity contribution in [2.24, 2.45) is 0 Å². The van der Waals surface area contributed by atoms with Crippen molar-refractivity contribution in [2.45, 2.75) is 304 Å². The van der Waals surface area contributed by atoms with Gasteiger partial charge in [0.15, 0.2) is 0 Å². The van der Waals surface area contributed by atoms with Gasteiger partial charge in [-0.05, 0) is 71.8 Å². The SMILES string of the molecule is CCCCCCCCCCCCOC(=O)CCN(CCCNCCN(C)CCNCCCN(CCC(=O)OCCCCCCCCCCC)CCC(=O)OCCCCCCCCCCC)CCC(=O)OCCCCCCCCCCC. The van der Waals surface area contributed by atoms with Crippen LogP contribution in [0.25, 0.3) is 0 Å². The van der Waals surface area contributed by atoms with Crippen molar-refractivity contribution in [1.29, 1.82) is 0 Å². The lowest BCUT2D eigenvalue weighted by atomic mass is 10.1. The summed E-state index contributed by atoms with van der Waals surface area (Å²) in [6.07, 6.45) is 49.0. The lowest BCUT2D eigenvalue weighted by molar-refractivity contribution is -0.146. The molecule has 480 valence electrons. The normalized spacial score (nSPS) is 11.6. The van der Waals surface area contributed by atoms with Crippen LogP contribution in [0.3, 0.4) is 0 Å². The van der Waals surface area contributed by atoms with Gasteiger partial charge in [0.1, 0.15) is 0 Å². The smallest absolute Gasteiger partial charge is 0.307 e. The molecule has 0 saturated heterocycles. The van der Waals surface area contributed by atoms with Crippen LogP contribution in [0.4, 0.5) is 0 Å². The number of nitrogens with zero attached hydrogens (tertiary/aromatic N) is 3. The van der Waals surface area contributed by atoms with Crippen LogP contribution in [0.5, 0.6) is 0 Å². The van der Waals surface area contributed by atoms with Gasteiger partial charge >= 0.3 is 23.9 Å². The fourth-order valence-corrected chi connectivity index (χ4v) is 10.3. The van der Waals surface area contributed by atoms with Crippen molar-refractivity contribution in [1.82, 2.24) is 25.3 Å². The molecule has 0 aromatic heterocycles. The lowest BCUT2D eigenvalue weighted by Gasteiger charge is -2.22. The molecule has 0 amide bonds. The zero-order valence-corrected chi connectivity index (χ0v) is 54.3. The summed E-state index contributed by atoms with van der Waals surface area (Å²) in [5.74, 6) is -0.601. The van der Waals surface area contributed by atoms with Gasteiger partial charge in [-0.1, -0.05) is 240 Å². The largest absolute Gasteiger partial charge is 0.466 e. The molecule has 0 fully saturated rings. The van der Waals surface area contributed by atoms with Crippen molar-refractivity contribution in [3.8, 4) is 0 Å². The maximum absolute atomic E-state index is 12.7. The number of carbonyl (C=O) groups excluding carboxylic acids is 4. The summed E-state index contributed by atoms with van der Waals surface area (Å²) in [5, 5.41) is 7.20. The fourth-order valence-electron chi connectivity index (χ4n) is 10.3. The predicted octanol–water partition coefficient (Wildman–Crippen LogP) is 15.7. The van der Waals surface area contributed by atoms with Gasteiger partial charge in [0, 0.05) is 52.4 Å². The van der Waals surface area contributed by atoms with Crippen LogP contribution in [-0.4, -0.2) is 151 Å². The van der Waals surface area contributed by atoms with Gasteiger partial charge < -0.3 is 44.3 Å². The summed E-state index contributed by atoms with van der Waals surface area (Å²) < 4.78 is 22.5. The van der Waals surface area contributed by atoms with E-state index in [-0.39, 0.29) is 23.9 Å². The fraction of sp³-hybridized carbons (Fsp3) is 0.941. The third-order valence-electron chi connectivity index (χ3n) is 15.8. The number of hydrogen-bond acceptors (Lipinski definition) is 13. The highest BCUT2D eigenvalue weighted by atomic mass is 16.5. The molecule has 0 heterocycles. The first-order chi connectivity index (χ1) is 39.7. The summed E-state index contributed by atoms with van der Waals surface area (Å²) >= 11 is 0. The number of hydrogen-bond donors (Lipinski definition) is 2. The van der Waals surface area contributed by atoms with Crippen molar-refractivity contribution >= 4 is 23.9 Å². The molecule has 0 atom stereocenters. The quantitative estimate of drug-likeness (QED) is 0.0340. The molecule has 2 N–H and O–H groups in total. The second kappa shape index (κ2) is 65.2. The highest BCUT2D eigenvalue weighted by molar-refractivity contribution is 5.71. The zero-order valence-electron chi connectivity index (χ0n) is 54.3. The topological polar surface area (TPSA) is 139 Å². The van der Waals surface area contributed by atoms with E-state index in [1.807, 2.05) is 0 Å². The van der Waals surface area contributed by atoms with Crippen molar-refractivity contribution in [3.63, 3.8) is 0 Å². The number of esters is 4. The third-order valence-corrected chi connectivity index (χ3v) is 15.8. The van der Waals surface area contributed by atoms with E-state index >= 15 is 0 Å². The van der Waals surface area contributed by atoms with Crippen molar-refractivity contribution in [2.75, 3.05) is 112 Å². The van der Waals surface area contributed by atoms with Crippen LogP contribution >= 0.6 is 0 Å². The Labute approximate surface area is 501 Å². The van der Waals surface area contributed by atoms with E-state index in [1.54, 1.807) is 0 Å². The minimum Gasteiger partial charge on any atom is -0.466 e. The first-order valence-electron chi connectivity index (χ1n) is 34.9. The van der Waals surface area contributed by atoms with Crippen LogP contribution < -0.4 is 10.6 Å². The molecule has 0 aliphatic rings. The molecule has 13 heteroatoms. The molecular weight excluding hydrogens is 1010 g/mol. The highest BCUT2D eigenvalue weighted by Crippen LogP contribution is 2.14. The minimum absolute atomic E-state index is 0.150. The summed E-state index contributed by atoms with van der Waals surface area (Å²) in [5.41, 5.74) is 0. The number of unbranched alkanes of at least 4 members (excludes halogenated alkanes) is 33. The number of ether oxygens (including phenoxy) is 4. The van der Waals surface area contributed by atoms with Crippen LogP contribution in [-0.2, 0) is 38.1 Å². The average Bonchev–Trinajstić information content (AvgIpc) is 3.46. The van der Waals surface area contributed by atoms with E-state index in [4.69, 9.17) is 18.9 Å². The van der Waals surface area contributed by atoms with Crippen LogP contribution in [0.2, 0.25) is 0 Å². The van der Waals surface area contributed by atoms with Crippen LogP contribution in [0.15, 0.2) is 0 Å². The van der Waals surface area contributed by atoms with Gasteiger partial charge in [-0.25, -0.2) is 0 Å². The predicted molar refractivity (Wildman–Crippen MR) is 341 cm³/mol. The zero-order chi connectivity index (χ0) is 59.0. The Hall–Kier alpha value is -2.32. The molecule has 0 saturated carbocycles. The highest BCUT2D eigenvalue weighted by Gasteiger charge is 2.15. The van der Waals surface area contributed by atoms with E-state index in [0.717, 1.165) is 117 Å². The van der Waals surface area contributed by atoms with E-state index in [0.29, 0.717) is 78.3 Å². The summed E-state index contributed by atoms with van der Waals surface area (Å²) in [6, 6.07) is 0. The van der Waals surface area contributed by atoms with Gasteiger partial charge in [0.25, 0.3) is 0 Å². The second-order valence-corrected chi connectivity index (χ2v) is 23.7. The monoisotopic (exact) mass is 1150 g/mol. The standard InChI is InChI=1S/C68H135N5O8/c1-6-10-14-18-22-26-30-34-38-42-64-81-68(77)48-58-73(57-47-67(76)80-63-41-37-33-29-25-21-17-13-9-4)54-44-50-70-52-60-71(5)59-51-69-49-43-53-72(55-45-65(74)78-61-39-35-31-27-23-19-15-11-7-2)56-46-66(75)79-62-40-36-32-28-24-20-16-12-8-3/h69-70H,6-64H2,1-5H3. The molecule has 0 unspecified atom stereocenters. The number of carbonyl (C=O) groups is 4. The molecule has 81 heavy (non-hydrogen) atoms. The molecule has 0 radical (unpaired) electrons. The first-order valence-corrected chi connectivity index (χ1v) is 34.9. The molecule has 0 spiro atoms. The van der Waals surface area contributed by atoms with Gasteiger partial charge in [0.05, 0.1) is 52.1 Å². The Bertz CT molecular complexity index is 1300. The van der Waals surface area contributed by atoms with E-state index in [2.05, 4.69) is 60.1 Å². The maximum atomic E-state index is 12.7. The lowest BCUT2D eigenvalue weighted by Crippen LogP contribution is -2.36. The summed E-state index contributed by atoms with van der Waals surface area (Å²) in [7, 11) is 2.15. The average molecular weight is 1150 g/mol. The Morgan fingerprint density at radius 1 is 0.259 bits per heavy atom. The minimum atomic E-state index is -0.151. The molecule has 0 aliphatic heterocycles. The van der Waals surface area contributed by atoms with E-state index in [9.17, 15) is 19.2 Å². The molecule has 0 aromatic carbocycles. The van der Waals surface area contributed by atoms with Crippen LogP contribution in [0.1, 0.15) is 304 Å². The third kappa shape index (κ3) is 62.0. The number of rotatable bonds is 67. The van der Waals surface area contributed by atoms with Gasteiger partial charge in [-0.3, -0.25) is 19.2 Å². The number of nitrogens with one attached hydrogen (secondary N) is 2. The van der Waals surface area contributed by atoms with Crippen LogP contribution in [0, 0.1) is 0 Å². The summed E-state index contributed by atoms with van der Waals surface area (Å²) in [4.78, 5) is 57.7. The Kier molecular flexibility index (Phi) is 63.4. The Morgan fingerprint density at radius 3 is 0.691 bits per heavy atom. The molecule has 13 nitrogen and oxygen atoms in total. The van der Waals surface area contributed by atoms with E-state index < -0.39 is 0 Å². The molecule has 0 aromatic rings. The Morgan fingerprint density at radius 2 is 0.469 bits per heavy atom. The second-order valence-electron chi connectivity index (χ2n) is 23.7. The van der Waals surface area contributed by atoms with Gasteiger partial charge in [-0.2, -0.15) is 0 Å². The molecule has 0 aliphatic carbocycles. The van der Waals surface area contributed by atoms with Gasteiger partial charge in [-0.15, -0.1) is 0 Å². The van der Waals surface area contributed by atoms with Crippen molar-refractivity contribution < 1.29 is 38.1 Å². The first kappa shape index (κ1) is 78.7. The number of likely N-dealkylation sites (N-methyl/N-ethyl adjacent to an activating group) is 1. The summed E-state index contributed by atoms with van der Waals surface area (Å²) in [6.45, 7) is 20.3.